The predicted octanol–water partition coefficient (Wildman–Crippen LogP) is 2.66. The maximum absolute atomic E-state index is 12.3. The Bertz CT molecular complexity index is 745. The van der Waals surface area contributed by atoms with Gasteiger partial charge in [-0.3, -0.25) is 0 Å². The van der Waals surface area contributed by atoms with Gasteiger partial charge in [-0.25, -0.2) is 18.1 Å². The number of nitrogens with one attached hydrogen (secondary N) is 1. The summed E-state index contributed by atoms with van der Waals surface area (Å²) in [6.07, 6.45) is 0. The molecule has 1 aromatic heterocycles. The topological polar surface area (TPSA) is 98.2 Å². The van der Waals surface area contributed by atoms with Gasteiger partial charge in [-0.1, -0.05) is 23.2 Å². The van der Waals surface area contributed by atoms with Gasteiger partial charge in [0.1, 0.15) is 10.7 Å². The fourth-order valence-corrected chi connectivity index (χ4v) is 3.66. The lowest BCUT2D eigenvalue weighted by Crippen LogP contribution is -2.24. The van der Waals surface area contributed by atoms with Crippen LogP contribution in [-0.4, -0.2) is 13.4 Å². The molecule has 0 aliphatic carbocycles. The van der Waals surface area contributed by atoms with E-state index >= 15 is 0 Å². The second-order valence-electron chi connectivity index (χ2n) is 4.38. The molecule has 6 nitrogen and oxygen atoms in total. The van der Waals surface area contributed by atoms with Crippen LogP contribution in [0.5, 0.6) is 0 Å². The summed E-state index contributed by atoms with van der Waals surface area (Å²) >= 11 is 11.7. The molecule has 0 unspecified atom stereocenters. The zero-order chi connectivity index (χ0) is 15.8. The first kappa shape index (κ1) is 16.1. The molecule has 0 saturated carbocycles. The van der Waals surface area contributed by atoms with E-state index in [2.05, 4.69) is 9.71 Å². The van der Waals surface area contributed by atoms with Gasteiger partial charge in [-0.2, -0.15) is 0 Å². The van der Waals surface area contributed by atoms with Crippen LogP contribution < -0.4 is 10.5 Å². The molecule has 0 aliphatic heterocycles. The lowest BCUT2D eigenvalue weighted by molar-refractivity contribution is 0.463. The maximum Gasteiger partial charge on any atom is 0.244 e. The Morgan fingerprint density at radius 3 is 2.52 bits per heavy atom. The van der Waals surface area contributed by atoms with Crippen LogP contribution in [-0.2, 0) is 16.6 Å². The van der Waals surface area contributed by atoms with Gasteiger partial charge in [0.15, 0.2) is 0 Å². The molecule has 2 rings (SSSR count). The quantitative estimate of drug-likeness (QED) is 0.826. The fourth-order valence-electron chi connectivity index (χ4n) is 1.71. The number of aryl methyl sites for hydroxylation is 2. The fraction of sp³-hybridized carbons (Fsp3) is 0.250. The monoisotopic (exact) mass is 349 g/mol. The van der Waals surface area contributed by atoms with E-state index in [1.54, 1.807) is 13.8 Å². The average molecular weight is 350 g/mol. The number of nitrogen functional groups attached to an aromatic ring is 1. The van der Waals surface area contributed by atoms with Crippen molar-refractivity contribution >= 4 is 38.9 Å². The summed E-state index contributed by atoms with van der Waals surface area (Å²) in [5, 5.41) is 0.211. The Hall–Kier alpha value is -1.28. The predicted molar refractivity (Wildman–Crippen MR) is 80.9 cm³/mol. The van der Waals surface area contributed by atoms with E-state index in [0.717, 1.165) is 0 Å². The normalized spacial score (nSPS) is 11.8. The van der Waals surface area contributed by atoms with Crippen molar-refractivity contribution in [2.24, 2.45) is 0 Å². The molecule has 0 fully saturated rings. The average Bonchev–Trinajstić information content (AvgIpc) is 2.65. The highest BCUT2D eigenvalue weighted by atomic mass is 35.5. The summed E-state index contributed by atoms with van der Waals surface area (Å²) in [6, 6.07) is 2.63. The zero-order valence-corrected chi connectivity index (χ0v) is 13.6. The van der Waals surface area contributed by atoms with E-state index in [4.69, 9.17) is 33.4 Å². The SMILES string of the molecule is Cc1nc(CNS(=O)(=O)c2c(N)cc(Cl)cc2Cl)oc1C. The molecule has 2 aromatic rings. The maximum atomic E-state index is 12.3. The van der Waals surface area contributed by atoms with E-state index in [1.807, 2.05) is 0 Å². The van der Waals surface area contributed by atoms with Crippen LogP contribution in [0.1, 0.15) is 17.3 Å². The Labute approximate surface area is 132 Å². The number of sulfonamides is 1. The van der Waals surface area contributed by atoms with Gasteiger partial charge in [-0.15, -0.1) is 0 Å². The molecule has 0 spiro atoms. The highest BCUT2D eigenvalue weighted by Crippen LogP contribution is 2.31. The molecule has 3 N–H and O–H groups in total. The van der Waals surface area contributed by atoms with Gasteiger partial charge < -0.3 is 10.2 Å². The lowest BCUT2D eigenvalue weighted by atomic mass is 10.3. The molecule has 1 heterocycles. The summed E-state index contributed by atoms with van der Waals surface area (Å²) in [5.74, 6) is 0.894. The van der Waals surface area contributed by atoms with Crippen molar-refractivity contribution in [3.05, 3.63) is 39.5 Å². The molecule has 114 valence electrons. The first-order chi connectivity index (χ1) is 9.70. The number of anilines is 1. The van der Waals surface area contributed by atoms with Gasteiger partial charge in [-0.05, 0) is 26.0 Å². The summed E-state index contributed by atoms with van der Waals surface area (Å²) in [7, 11) is -3.91. The molecule has 0 bridgehead atoms. The van der Waals surface area contributed by atoms with Crippen LogP contribution in [0, 0.1) is 13.8 Å². The third-order valence-electron chi connectivity index (χ3n) is 2.79. The Balaban J connectivity index is 2.27. The van der Waals surface area contributed by atoms with Crippen LogP contribution in [0.4, 0.5) is 5.69 Å². The molecule has 0 aliphatic rings. The number of hydrogen-bond donors (Lipinski definition) is 2. The van der Waals surface area contributed by atoms with Gasteiger partial charge in [0, 0.05) is 5.02 Å². The van der Waals surface area contributed by atoms with Crippen molar-refractivity contribution in [2.45, 2.75) is 25.3 Å². The van der Waals surface area contributed by atoms with Crippen molar-refractivity contribution in [1.82, 2.24) is 9.71 Å². The first-order valence-corrected chi connectivity index (χ1v) is 8.11. The second kappa shape index (κ2) is 5.84. The van der Waals surface area contributed by atoms with Crippen molar-refractivity contribution in [3.8, 4) is 0 Å². The van der Waals surface area contributed by atoms with Gasteiger partial charge >= 0.3 is 0 Å². The van der Waals surface area contributed by atoms with Gasteiger partial charge in [0.25, 0.3) is 0 Å². The number of oxazole rings is 1. The number of nitrogens with zero attached hydrogens (tertiary/aromatic N) is 1. The number of benzene rings is 1. The Morgan fingerprint density at radius 1 is 1.33 bits per heavy atom. The first-order valence-electron chi connectivity index (χ1n) is 5.88. The van der Waals surface area contributed by atoms with Crippen LogP contribution in [0.25, 0.3) is 0 Å². The Morgan fingerprint density at radius 2 is 2.00 bits per heavy atom. The summed E-state index contributed by atoms with van der Waals surface area (Å²) < 4.78 is 32.2. The molecule has 0 amide bonds. The smallest absolute Gasteiger partial charge is 0.244 e. The molecular weight excluding hydrogens is 337 g/mol. The van der Waals surface area contributed by atoms with Crippen molar-refractivity contribution < 1.29 is 12.8 Å². The zero-order valence-electron chi connectivity index (χ0n) is 11.3. The van der Waals surface area contributed by atoms with Crippen LogP contribution in [0.3, 0.4) is 0 Å². The standard InChI is InChI=1S/C12H13Cl2N3O3S/c1-6-7(2)20-11(17-6)5-16-21(18,19)12-9(14)3-8(13)4-10(12)15/h3-4,16H,5,15H2,1-2H3. The van der Waals surface area contributed by atoms with Crippen molar-refractivity contribution in [3.63, 3.8) is 0 Å². The molecule has 0 atom stereocenters. The van der Waals surface area contributed by atoms with E-state index in [9.17, 15) is 8.42 Å². The molecular formula is C12H13Cl2N3O3S. The number of aromatic nitrogens is 1. The van der Waals surface area contributed by atoms with E-state index < -0.39 is 10.0 Å². The molecule has 21 heavy (non-hydrogen) atoms. The Kier molecular flexibility index (Phi) is 4.48. The van der Waals surface area contributed by atoms with Gasteiger partial charge in [0.05, 0.1) is 22.9 Å². The lowest BCUT2D eigenvalue weighted by Gasteiger charge is -2.10. The van der Waals surface area contributed by atoms with E-state index in [-0.39, 0.29) is 33.1 Å². The second-order valence-corrected chi connectivity index (χ2v) is 6.93. The van der Waals surface area contributed by atoms with Crippen LogP contribution >= 0.6 is 23.2 Å². The third-order valence-corrected chi connectivity index (χ3v) is 4.94. The number of nitrogens with two attached hydrogens (primary N) is 1. The van der Waals surface area contributed by atoms with E-state index in [1.165, 1.54) is 12.1 Å². The number of hydrogen-bond acceptors (Lipinski definition) is 5. The summed E-state index contributed by atoms with van der Waals surface area (Å²) in [5.41, 5.74) is 6.35. The largest absolute Gasteiger partial charge is 0.444 e. The summed E-state index contributed by atoms with van der Waals surface area (Å²) in [4.78, 5) is 3.87. The minimum Gasteiger partial charge on any atom is -0.444 e. The van der Waals surface area contributed by atoms with E-state index in [0.29, 0.717) is 11.5 Å². The molecule has 0 radical (unpaired) electrons. The summed E-state index contributed by atoms with van der Waals surface area (Å²) in [6.45, 7) is 3.41. The number of rotatable bonds is 4. The van der Waals surface area contributed by atoms with Crippen LogP contribution in [0.2, 0.25) is 10.0 Å². The highest BCUT2D eigenvalue weighted by molar-refractivity contribution is 7.89. The molecule has 1 aromatic carbocycles. The van der Waals surface area contributed by atoms with Gasteiger partial charge in [0.2, 0.25) is 15.9 Å². The minimum absolute atomic E-state index is 0.0280. The van der Waals surface area contributed by atoms with Crippen LogP contribution in [0.15, 0.2) is 21.4 Å². The molecule has 0 saturated heterocycles. The molecule has 9 heteroatoms. The third kappa shape index (κ3) is 3.49. The number of halogens is 2. The highest BCUT2D eigenvalue weighted by Gasteiger charge is 2.22. The minimum atomic E-state index is -3.91. The van der Waals surface area contributed by atoms with Crippen molar-refractivity contribution in [2.75, 3.05) is 5.73 Å². The van der Waals surface area contributed by atoms with Crippen molar-refractivity contribution in [1.29, 1.82) is 0 Å².